The average Bonchev–Trinajstić information content (AvgIpc) is 3.86. The molecule has 69 heavy (non-hydrogen) atoms. The van der Waals surface area contributed by atoms with Crippen molar-refractivity contribution >= 4 is 78.5 Å². The zero-order valence-electron chi connectivity index (χ0n) is 43.0. The minimum absolute atomic E-state index is 0.0285. The third-order valence-electron chi connectivity index (χ3n) is 10.3. The fourth-order valence-electron chi connectivity index (χ4n) is 6.43. The standard InChI is InChI=1S/C17H32N2O6S2.C15H30N4O4.C10H18N2OS.C4H11N/c1-17(2,25-26)12-24-9-5-10-27-11-7-15(21)19-14(16(22)23)6-3-4-8-18-13-20;1-10(2)8-12(19(4)5)15(23)18-11(3)14(22)17-9-13(21)16-6-7-20;1-2-3-4-5-8-9-7(6-14-8)11-10(13)12-9;1-2-3-4-5/h13-14,26H,3-12H2,1-2H3,(H,18,20)(H,19,21)(H,22,23);10-12,20H,6-9H2,1-5H3,(H,16,21)(H,17,22)(H,18,23);7-9H,2-6H2,1H3,(H2,11,12,13);2-5H2,1H3/t;11?,12-;;/m.0../s1. The number of hydrogen-bond acceptors (Lipinski definition) is 15. The summed E-state index contributed by atoms with van der Waals surface area (Å²) in [5.41, 5.74) is 4.72. The quantitative estimate of drug-likeness (QED) is 0.0145. The van der Waals surface area contributed by atoms with E-state index in [1.807, 2.05) is 58.5 Å². The number of aliphatic carboxylic acids is 1. The first-order chi connectivity index (χ1) is 32.7. The summed E-state index contributed by atoms with van der Waals surface area (Å²) in [4.78, 5) is 81.7. The van der Waals surface area contributed by atoms with Gasteiger partial charge >= 0.3 is 12.0 Å². The molecule has 7 amide bonds. The third kappa shape index (κ3) is 36.5. The summed E-state index contributed by atoms with van der Waals surface area (Å²) in [6, 6.07) is -1.12. The number of rotatable bonds is 34. The fourth-order valence-corrected chi connectivity index (χ4v) is 8.88. The second kappa shape index (κ2) is 42.6. The Labute approximate surface area is 427 Å². The van der Waals surface area contributed by atoms with E-state index in [2.05, 4.69) is 64.0 Å². The van der Waals surface area contributed by atoms with E-state index in [0.717, 1.165) is 24.5 Å². The molecule has 0 spiro atoms. The molecule has 0 radical (unpaired) electrons. The summed E-state index contributed by atoms with van der Waals surface area (Å²) >= 11 is 7.43. The van der Waals surface area contributed by atoms with Crippen LogP contribution in [0.1, 0.15) is 126 Å². The largest absolute Gasteiger partial charge is 0.480 e. The van der Waals surface area contributed by atoms with Gasteiger partial charge in [0.25, 0.3) is 0 Å². The lowest BCUT2D eigenvalue weighted by molar-refractivity contribution is -0.142. The lowest BCUT2D eigenvalue weighted by Gasteiger charge is -2.26. The number of amides is 7. The van der Waals surface area contributed by atoms with Gasteiger partial charge in [-0.05, 0) is 111 Å². The molecule has 0 aromatic heterocycles. The van der Waals surface area contributed by atoms with Crippen molar-refractivity contribution in [1.82, 2.24) is 42.1 Å². The second-order valence-corrected chi connectivity index (χ2v) is 20.7. The highest BCUT2D eigenvalue weighted by Gasteiger charge is 2.42. The van der Waals surface area contributed by atoms with E-state index in [9.17, 15) is 38.7 Å². The minimum Gasteiger partial charge on any atom is -0.480 e. The molecule has 0 aliphatic carbocycles. The van der Waals surface area contributed by atoms with E-state index in [0.29, 0.717) is 80.9 Å². The second-order valence-electron chi connectivity index (χ2n) is 18.0. The van der Waals surface area contributed by atoms with Crippen LogP contribution in [0.3, 0.4) is 0 Å². The number of nitrogens with zero attached hydrogens (tertiary/aromatic N) is 1. The van der Waals surface area contributed by atoms with Gasteiger partial charge in [0.2, 0.25) is 30.0 Å². The Morgan fingerprint density at radius 3 is 2.22 bits per heavy atom. The number of hydrogen-bond donors (Lipinski definition) is 11. The van der Waals surface area contributed by atoms with Gasteiger partial charge in [-0.15, -0.1) is 0 Å². The van der Waals surface area contributed by atoms with Crippen molar-refractivity contribution in [3.8, 4) is 0 Å². The number of carbonyl (C=O) groups excluding carboxylic acids is 6. The number of likely N-dealkylation sites (N-methyl/N-ethyl adjacent to an activating group) is 1. The topological polar surface area (TPSA) is 292 Å². The van der Waals surface area contributed by atoms with Gasteiger partial charge in [0.1, 0.15) is 17.7 Å². The molecule has 11 N–H and O–H groups in total. The smallest absolute Gasteiger partial charge is 0.326 e. The lowest BCUT2D eigenvalue weighted by Crippen LogP contribution is -2.52. The summed E-state index contributed by atoms with van der Waals surface area (Å²) in [6.07, 6.45) is 11.6. The number of unbranched alkanes of at least 4 members (excludes halogenated alkanes) is 4. The molecular formula is C46H91N9O11S3. The van der Waals surface area contributed by atoms with Gasteiger partial charge in [-0.3, -0.25) is 28.9 Å². The van der Waals surface area contributed by atoms with Gasteiger partial charge in [-0.25, -0.2) is 9.59 Å². The van der Waals surface area contributed by atoms with Crippen LogP contribution in [-0.2, 0) is 37.7 Å². The van der Waals surface area contributed by atoms with Crippen molar-refractivity contribution in [2.45, 2.75) is 167 Å². The van der Waals surface area contributed by atoms with E-state index < -0.39 is 35.5 Å². The minimum atomic E-state index is -1.04. The molecule has 2 aliphatic rings. The molecule has 5 unspecified atom stereocenters. The van der Waals surface area contributed by atoms with Gasteiger partial charge in [-0.2, -0.15) is 23.5 Å². The first kappa shape index (κ1) is 68.0. The van der Waals surface area contributed by atoms with E-state index in [-0.39, 0.29) is 50.0 Å². The maximum Gasteiger partial charge on any atom is 0.326 e. The summed E-state index contributed by atoms with van der Waals surface area (Å²) in [5, 5.41) is 37.0. The van der Waals surface area contributed by atoms with Gasteiger partial charge < -0.3 is 62.1 Å². The molecule has 23 heteroatoms. The van der Waals surface area contributed by atoms with E-state index in [1.54, 1.807) is 18.7 Å². The molecule has 404 valence electrons. The summed E-state index contributed by atoms with van der Waals surface area (Å²) in [5.74, 6) is 0.600. The maximum absolute atomic E-state index is 12.3. The summed E-state index contributed by atoms with van der Waals surface area (Å²) in [7, 11) is 3.64. The zero-order valence-corrected chi connectivity index (χ0v) is 45.6. The number of aliphatic hydroxyl groups excluding tert-OH is 1. The Bertz CT molecular complexity index is 1420. The summed E-state index contributed by atoms with van der Waals surface area (Å²) in [6.45, 7) is 16.0. The molecule has 20 nitrogen and oxygen atoms in total. The monoisotopic (exact) mass is 1040 g/mol. The molecule has 2 saturated heterocycles. The van der Waals surface area contributed by atoms with Crippen molar-refractivity contribution in [3.63, 3.8) is 0 Å². The Balaban J connectivity index is 0. The SMILES string of the molecule is CC(C)(COCCCSCCC(=O)NC(CCCCNC=O)C(=O)O)OS.CC(C)C[C@@H](C(=O)NC(C)C(=O)NCC(=O)NCCO)N(C)C.CCCCCC1SCC2NC(=O)NC21.CCCCN. The molecule has 2 rings (SSSR count). The number of thiol groups is 1. The average molecular weight is 1040 g/mol. The molecule has 2 aliphatic heterocycles. The predicted octanol–water partition coefficient (Wildman–Crippen LogP) is 2.81. The van der Waals surface area contributed by atoms with E-state index >= 15 is 0 Å². The highest BCUT2D eigenvalue weighted by molar-refractivity contribution is 8.00. The number of urea groups is 1. The van der Waals surface area contributed by atoms with Crippen molar-refractivity contribution < 1.29 is 52.7 Å². The number of nitrogens with two attached hydrogens (primary N) is 1. The molecule has 0 saturated carbocycles. The molecule has 2 heterocycles. The predicted molar refractivity (Wildman–Crippen MR) is 280 cm³/mol. The Morgan fingerprint density at radius 1 is 0.957 bits per heavy atom. The van der Waals surface area contributed by atoms with Crippen LogP contribution in [0.5, 0.6) is 0 Å². The highest BCUT2D eigenvalue weighted by Crippen LogP contribution is 2.33. The van der Waals surface area contributed by atoms with Crippen LogP contribution < -0.4 is 43.0 Å². The van der Waals surface area contributed by atoms with Crippen LogP contribution in [0, 0.1) is 5.92 Å². The first-order valence-corrected chi connectivity index (χ1v) is 27.0. The normalized spacial score (nSPS) is 17.1. The Kier molecular flexibility index (Phi) is 42.0. The van der Waals surface area contributed by atoms with Crippen LogP contribution in [0.2, 0.25) is 0 Å². The van der Waals surface area contributed by atoms with Gasteiger partial charge in [0, 0.05) is 42.9 Å². The van der Waals surface area contributed by atoms with Gasteiger partial charge in [0.15, 0.2) is 0 Å². The fraction of sp³-hybridized carbons (Fsp3) is 0.848. The number of carboxylic acids is 1. The first-order valence-electron chi connectivity index (χ1n) is 24.4. The molecule has 6 atom stereocenters. The Morgan fingerprint density at radius 2 is 1.65 bits per heavy atom. The third-order valence-corrected chi connectivity index (χ3v) is 13.4. The molecular weight excluding hydrogens is 951 g/mol. The van der Waals surface area contributed by atoms with Crippen LogP contribution in [-0.4, -0.2) is 176 Å². The van der Waals surface area contributed by atoms with Crippen molar-refractivity contribution in [1.29, 1.82) is 0 Å². The number of thioether (sulfide) groups is 2. The van der Waals surface area contributed by atoms with Crippen molar-refractivity contribution in [2.24, 2.45) is 11.7 Å². The number of carbonyl (C=O) groups is 7. The van der Waals surface area contributed by atoms with Crippen LogP contribution in [0.25, 0.3) is 0 Å². The summed E-state index contributed by atoms with van der Waals surface area (Å²) < 4.78 is 10.5. The number of aliphatic hydroxyl groups is 1. The van der Waals surface area contributed by atoms with E-state index in [1.165, 1.54) is 38.5 Å². The molecule has 0 bridgehead atoms. The van der Waals surface area contributed by atoms with Gasteiger partial charge in [-0.1, -0.05) is 53.4 Å². The zero-order chi connectivity index (χ0) is 52.6. The van der Waals surface area contributed by atoms with Crippen molar-refractivity contribution in [2.75, 3.05) is 77.4 Å². The Hall–Kier alpha value is -3.06. The van der Waals surface area contributed by atoms with E-state index in [4.69, 9.17) is 19.8 Å². The number of ether oxygens (including phenoxy) is 1. The van der Waals surface area contributed by atoms with Crippen molar-refractivity contribution in [3.05, 3.63) is 0 Å². The highest BCUT2D eigenvalue weighted by atomic mass is 32.2. The van der Waals surface area contributed by atoms with Crippen LogP contribution >= 0.6 is 36.4 Å². The molecule has 0 aromatic rings. The lowest BCUT2D eigenvalue weighted by atomic mass is 10.0. The molecule has 2 fully saturated rings. The maximum atomic E-state index is 12.3. The van der Waals surface area contributed by atoms with Crippen LogP contribution in [0.4, 0.5) is 4.79 Å². The van der Waals surface area contributed by atoms with Gasteiger partial charge in [0.05, 0.1) is 37.9 Å². The number of carboxylic acid groups (broad SMARTS) is 1. The number of fused-ring (bicyclic) bond motifs is 1. The van der Waals surface area contributed by atoms with Crippen LogP contribution in [0.15, 0.2) is 0 Å². The number of nitrogens with one attached hydrogen (secondary N) is 7. The molecule has 0 aromatic carbocycles.